The zero-order valence-electron chi connectivity index (χ0n) is 15.4. The average molecular weight is 363 g/mol. The van der Waals surface area contributed by atoms with Crippen LogP contribution in [0.4, 0.5) is 5.82 Å². The fraction of sp³-hybridized carbons (Fsp3) is 0.429. The van der Waals surface area contributed by atoms with Crippen molar-refractivity contribution in [3.8, 4) is 0 Å². The fourth-order valence-electron chi connectivity index (χ4n) is 4.05. The van der Waals surface area contributed by atoms with Gasteiger partial charge in [0.15, 0.2) is 5.82 Å². The molecule has 1 saturated carbocycles. The number of hydrogen-bond donors (Lipinski definition) is 2. The Morgan fingerprint density at radius 2 is 1.96 bits per heavy atom. The van der Waals surface area contributed by atoms with E-state index in [4.69, 9.17) is 0 Å². The highest BCUT2D eigenvalue weighted by atomic mass is 16.2. The van der Waals surface area contributed by atoms with Gasteiger partial charge >= 0.3 is 0 Å². The maximum absolute atomic E-state index is 12.5. The Balaban J connectivity index is 1.14. The highest BCUT2D eigenvalue weighted by molar-refractivity contribution is 5.83. The summed E-state index contributed by atoms with van der Waals surface area (Å²) in [6.45, 7) is 2.25. The summed E-state index contributed by atoms with van der Waals surface area (Å²) < 4.78 is 2.02. The third kappa shape index (κ3) is 3.44. The second-order valence-corrected chi connectivity index (χ2v) is 7.79. The molecule has 2 aliphatic rings. The van der Waals surface area contributed by atoms with E-state index in [0.717, 1.165) is 37.3 Å². The minimum Gasteiger partial charge on any atom is -0.355 e. The molecule has 2 aromatic heterocycles. The van der Waals surface area contributed by atoms with Crippen LogP contribution in [0.3, 0.4) is 0 Å². The Morgan fingerprint density at radius 1 is 1.15 bits per heavy atom. The number of H-pyrrole nitrogens is 1. The van der Waals surface area contributed by atoms with E-state index in [2.05, 4.69) is 44.7 Å². The van der Waals surface area contributed by atoms with Gasteiger partial charge in [-0.2, -0.15) is 5.10 Å². The first kappa shape index (κ1) is 16.4. The molecule has 0 bridgehead atoms. The van der Waals surface area contributed by atoms with Crippen LogP contribution in [0.15, 0.2) is 42.6 Å². The predicted octanol–water partition coefficient (Wildman–Crippen LogP) is 3.03. The monoisotopic (exact) mass is 363 g/mol. The number of carbonyl (C=O) groups is 1. The molecular formula is C21H25N5O. The number of nitrogens with zero attached hydrogens (tertiary/aromatic N) is 3. The maximum atomic E-state index is 12.5. The number of rotatable bonds is 5. The Morgan fingerprint density at radius 3 is 2.78 bits per heavy atom. The summed E-state index contributed by atoms with van der Waals surface area (Å²) in [5, 5.41) is 12.0. The lowest BCUT2D eigenvalue weighted by molar-refractivity contribution is -0.122. The topological polar surface area (TPSA) is 66.0 Å². The van der Waals surface area contributed by atoms with Crippen LogP contribution in [0.5, 0.6) is 0 Å². The van der Waals surface area contributed by atoms with Crippen molar-refractivity contribution in [2.24, 2.45) is 0 Å². The molecule has 0 radical (unpaired) electrons. The van der Waals surface area contributed by atoms with Crippen molar-refractivity contribution in [1.29, 1.82) is 0 Å². The lowest BCUT2D eigenvalue weighted by Gasteiger charge is -2.32. The number of piperidine rings is 1. The third-order valence-corrected chi connectivity index (χ3v) is 5.78. The fourth-order valence-corrected chi connectivity index (χ4v) is 4.05. The molecular weight excluding hydrogens is 338 g/mol. The SMILES string of the molecule is O=C(Cn1ccc2ccccc21)NC1CCN(c2cc(C3CC3)[nH]n2)CC1. The molecule has 1 saturated heterocycles. The first-order valence-electron chi connectivity index (χ1n) is 9.90. The predicted molar refractivity (Wildman–Crippen MR) is 106 cm³/mol. The molecule has 2 N–H and O–H groups in total. The van der Waals surface area contributed by atoms with E-state index in [-0.39, 0.29) is 11.9 Å². The molecule has 27 heavy (non-hydrogen) atoms. The van der Waals surface area contributed by atoms with Gasteiger partial charge in [-0.05, 0) is 43.2 Å². The Hall–Kier alpha value is -2.76. The summed E-state index contributed by atoms with van der Waals surface area (Å²) >= 11 is 0. The second kappa shape index (κ2) is 6.76. The molecule has 1 aliphatic carbocycles. The van der Waals surface area contributed by atoms with E-state index < -0.39 is 0 Å². The summed E-state index contributed by atoms with van der Waals surface area (Å²) in [6, 6.07) is 12.7. The van der Waals surface area contributed by atoms with Gasteiger partial charge in [0.1, 0.15) is 6.54 Å². The van der Waals surface area contributed by atoms with Gasteiger partial charge in [-0.1, -0.05) is 18.2 Å². The Bertz CT molecular complexity index is 946. The molecule has 6 nitrogen and oxygen atoms in total. The number of fused-ring (bicyclic) bond motifs is 1. The van der Waals surface area contributed by atoms with Crippen LogP contribution in [0, 0.1) is 0 Å². The molecule has 0 unspecified atom stereocenters. The number of para-hydroxylation sites is 1. The van der Waals surface area contributed by atoms with Crippen LogP contribution < -0.4 is 10.2 Å². The molecule has 140 valence electrons. The van der Waals surface area contributed by atoms with E-state index >= 15 is 0 Å². The lowest BCUT2D eigenvalue weighted by Crippen LogP contribution is -2.45. The van der Waals surface area contributed by atoms with Crippen molar-refractivity contribution >= 4 is 22.6 Å². The van der Waals surface area contributed by atoms with Crippen molar-refractivity contribution in [2.45, 2.75) is 44.2 Å². The second-order valence-electron chi connectivity index (χ2n) is 7.79. The van der Waals surface area contributed by atoms with E-state index in [1.54, 1.807) is 0 Å². The standard InChI is InChI=1S/C21H25N5O/c27-21(14-26-10-7-16-3-1-2-4-19(16)26)22-17-8-11-25(12-9-17)20-13-18(23-24-20)15-5-6-15/h1-4,7,10,13,15,17H,5-6,8-9,11-12,14H2,(H,22,27)(H,23,24). The number of anilines is 1. The van der Waals surface area contributed by atoms with Crippen LogP contribution in [0.25, 0.3) is 10.9 Å². The van der Waals surface area contributed by atoms with Crippen LogP contribution in [0.2, 0.25) is 0 Å². The van der Waals surface area contributed by atoms with E-state index in [1.807, 2.05) is 22.9 Å². The lowest BCUT2D eigenvalue weighted by atomic mass is 10.0. The number of hydrogen-bond acceptors (Lipinski definition) is 3. The molecule has 2 fully saturated rings. The maximum Gasteiger partial charge on any atom is 0.240 e. The van der Waals surface area contributed by atoms with Gasteiger partial charge in [-0.3, -0.25) is 9.89 Å². The van der Waals surface area contributed by atoms with Crippen LogP contribution in [-0.2, 0) is 11.3 Å². The summed E-state index contributed by atoms with van der Waals surface area (Å²) in [5.74, 6) is 1.85. The number of nitrogens with one attached hydrogen (secondary N) is 2. The molecule has 0 atom stereocenters. The van der Waals surface area contributed by atoms with Gasteiger partial charge in [0.2, 0.25) is 5.91 Å². The first-order chi connectivity index (χ1) is 13.3. The smallest absolute Gasteiger partial charge is 0.240 e. The number of carbonyl (C=O) groups excluding carboxylic acids is 1. The third-order valence-electron chi connectivity index (χ3n) is 5.78. The van der Waals surface area contributed by atoms with Gasteiger partial charge in [0.05, 0.1) is 0 Å². The van der Waals surface area contributed by atoms with Gasteiger partial charge in [0, 0.05) is 48.5 Å². The Kier molecular flexibility index (Phi) is 4.11. The Labute approximate surface area is 158 Å². The normalized spacial score (nSPS) is 18.1. The molecule has 1 aromatic carbocycles. The van der Waals surface area contributed by atoms with Gasteiger partial charge in [0.25, 0.3) is 0 Å². The summed E-state index contributed by atoms with van der Waals surface area (Å²) in [7, 11) is 0. The highest BCUT2D eigenvalue weighted by Gasteiger charge is 2.27. The quantitative estimate of drug-likeness (QED) is 0.732. The number of amides is 1. The molecule has 1 aliphatic heterocycles. The van der Waals surface area contributed by atoms with Crippen LogP contribution >= 0.6 is 0 Å². The minimum atomic E-state index is 0.0885. The molecule has 3 heterocycles. The van der Waals surface area contributed by atoms with Crippen molar-refractivity contribution < 1.29 is 4.79 Å². The molecule has 5 rings (SSSR count). The number of aromatic amines is 1. The van der Waals surface area contributed by atoms with E-state index in [1.165, 1.54) is 23.9 Å². The molecule has 3 aromatic rings. The van der Waals surface area contributed by atoms with Crippen molar-refractivity contribution in [3.63, 3.8) is 0 Å². The molecule has 6 heteroatoms. The van der Waals surface area contributed by atoms with Crippen molar-refractivity contribution in [3.05, 3.63) is 48.3 Å². The summed E-state index contributed by atoms with van der Waals surface area (Å²) in [5.41, 5.74) is 2.38. The van der Waals surface area contributed by atoms with Crippen molar-refractivity contribution in [1.82, 2.24) is 20.1 Å². The van der Waals surface area contributed by atoms with E-state index in [0.29, 0.717) is 12.5 Å². The summed E-state index contributed by atoms with van der Waals surface area (Å²) in [6.07, 6.45) is 6.48. The largest absolute Gasteiger partial charge is 0.355 e. The molecule has 1 amide bonds. The summed E-state index contributed by atoms with van der Waals surface area (Å²) in [4.78, 5) is 14.8. The number of aromatic nitrogens is 3. The minimum absolute atomic E-state index is 0.0885. The van der Waals surface area contributed by atoms with Crippen molar-refractivity contribution in [2.75, 3.05) is 18.0 Å². The highest BCUT2D eigenvalue weighted by Crippen LogP contribution is 2.40. The van der Waals surface area contributed by atoms with E-state index in [9.17, 15) is 4.79 Å². The zero-order valence-corrected chi connectivity index (χ0v) is 15.4. The average Bonchev–Trinajstić information content (AvgIpc) is 3.29. The first-order valence-corrected chi connectivity index (χ1v) is 9.90. The van der Waals surface area contributed by atoms with Gasteiger partial charge in [-0.15, -0.1) is 0 Å². The van der Waals surface area contributed by atoms with Crippen LogP contribution in [0.1, 0.15) is 37.3 Å². The molecule has 0 spiro atoms. The van der Waals surface area contributed by atoms with Gasteiger partial charge in [-0.25, -0.2) is 0 Å². The van der Waals surface area contributed by atoms with Gasteiger partial charge < -0.3 is 14.8 Å². The number of benzene rings is 1. The van der Waals surface area contributed by atoms with Crippen LogP contribution in [-0.4, -0.2) is 39.8 Å². The zero-order chi connectivity index (χ0) is 18.2.